The lowest BCUT2D eigenvalue weighted by atomic mass is 9.73. The monoisotopic (exact) mass is 527 g/mol. The number of alkyl halides is 2. The van der Waals surface area contributed by atoms with E-state index in [1.54, 1.807) is 45.2 Å². The van der Waals surface area contributed by atoms with Gasteiger partial charge in [-0.3, -0.25) is 9.59 Å². The second-order valence-corrected chi connectivity index (χ2v) is 11.3. The highest BCUT2D eigenvalue weighted by molar-refractivity contribution is 7.09. The molecule has 6 nitrogen and oxygen atoms in total. The van der Waals surface area contributed by atoms with E-state index in [4.69, 9.17) is 4.74 Å². The number of hydrogen-bond donors (Lipinski definition) is 2. The molecule has 0 aliphatic carbocycles. The molecule has 36 heavy (non-hydrogen) atoms. The highest BCUT2D eigenvalue weighted by Gasteiger charge is 2.42. The average molecular weight is 528 g/mol. The Hall–Kier alpha value is -1.97. The van der Waals surface area contributed by atoms with Crippen molar-refractivity contribution in [1.82, 2.24) is 4.98 Å². The molecule has 2 heterocycles. The number of hydrogen-bond acceptors (Lipinski definition) is 7. The fourth-order valence-electron chi connectivity index (χ4n) is 4.44. The Morgan fingerprint density at radius 2 is 1.94 bits per heavy atom. The van der Waals surface area contributed by atoms with Crippen LogP contribution in [0.5, 0.6) is 0 Å². The van der Waals surface area contributed by atoms with Gasteiger partial charge in [-0.25, -0.2) is 13.8 Å². The fourth-order valence-corrected chi connectivity index (χ4v) is 5.04. The molecule has 1 aliphatic rings. The molecule has 0 aromatic carbocycles. The third-order valence-electron chi connectivity index (χ3n) is 7.13. The topological polar surface area (TPSA) is 96.7 Å². The van der Waals surface area contributed by atoms with E-state index in [2.05, 4.69) is 4.98 Å². The number of allylic oxidation sites excluding steroid dienone is 1. The van der Waals surface area contributed by atoms with Gasteiger partial charge in [0.1, 0.15) is 30.2 Å². The van der Waals surface area contributed by atoms with E-state index in [9.17, 15) is 28.6 Å². The number of carbonyl (C=O) groups excluding carboxylic acids is 2. The molecule has 1 aromatic rings. The number of ether oxygens (including phenoxy) is 1. The van der Waals surface area contributed by atoms with Crippen molar-refractivity contribution < 1.29 is 33.3 Å². The van der Waals surface area contributed by atoms with Crippen molar-refractivity contribution >= 4 is 29.2 Å². The molecule has 1 aromatic heterocycles. The van der Waals surface area contributed by atoms with Gasteiger partial charge in [-0.1, -0.05) is 33.8 Å². The SMILES string of the molecule is C/C(=C\c1csc(CF)n1)[C@@H]1C/C=C(/CF)CCC[C@H](C)[C@H](O)[C@@H](C)C(=O)C(C)(C)[C@@H](O)CC(=O)O1. The number of ketones is 1. The van der Waals surface area contributed by atoms with Crippen molar-refractivity contribution in [2.24, 2.45) is 17.3 Å². The van der Waals surface area contributed by atoms with E-state index in [1.807, 2.05) is 6.92 Å². The Bertz CT molecular complexity index is 958. The fraction of sp³-hybridized carbons (Fsp3) is 0.667. The van der Waals surface area contributed by atoms with Crippen LogP contribution in [0.15, 0.2) is 22.6 Å². The number of aliphatic hydroxyl groups excluding tert-OH is 2. The molecule has 2 rings (SSSR count). The van der Waals surface area contributed by atoms with Crippen LogP contribution in [0.3, 0.4) is 0 Å². The number of rotatable bonds is 4. The molecule has 0 fully saturated rings. The molecule has 0 bridgehead atoms. The summed E-state index contributed by atoms with van der Waals surface area (Å²) in [4.78, 5) is 30.2. The first kappa shape index (κ1) is 30.3. The molecular weight excluding hydrogens is 488 g/mol. The number of nitrogens with zero attached hydrogens (tertiary/aromatic N) is 1. The van der Waals surface area contributed by atoms with Gasteiger partial charge in [0.2, 0.25) is 0 Å². The maximum Gasteiger partial charge on any atom is 0.309 e. The number of aromatic nitrogens is 1. The molecule has 5 atom stereocenters. The summed E-state index contributed by atoms with van der Waals surface area (Å²) in [7, 11) is 0. The highest BCUT2D eigenvalue weighted by Crippen LogP contribution is 2.32. The van der Waals surface area contributed by atoms with Gasteiger partial charge in [0, 0.05) is 17.7 Å². The van der Waals surface area contributed by atoms with Crippen LogP contribution in [0, 0.1) is 17.3 Å². The molecule has 0 unspecified atom stereocenters. The second kappa shape index (κ2) is 13.5. The number of Topliss-reactive ketones (excluding diaryl/α,β-unsaturated/α-hetero) is 1. The van der Waals surface area contributed by atoms with Crippen molar-refractivity contribution in [3.05, 3.63) is 33.3 Å². The standard InChI is InChI=1S/C27H39F2NO5S/c1-16-7-6-8-19(13-28)9-10-21(17(2)11-20-15-36-23(14-29)30-20)35-24(32)12-22(31)27(4,5)26(34)18(3)25(16)33/h9,11,15-16,18,21-22,25,31,33H,6-8,10,12-14H2,1-5H3/b17-11+,19-9+/t16-,18+,21-,22-,25-/m0/s1. The minimum absolute atomic E-state index is 0.194. The Labute approximate surface area is 216 Å². The van der Waals surface area contributed by atoms with Gasteiger partial charge in [0.15, 0.2) is 0 Å². The van der Waals surface area contributed by atoms with Crippen molar-refractivity contribution in [2.45, 2.75) is 91.7 Å². The van der Waals surface area contributed by atoms with Gasteiger partial charge in [-0.2, -0.15) is 0 Å². The Morgan fingerprint density at radius 1 is 1.25 bits per heavy atom. The summed E-state index contributed by atoms with van der Waals surface area (Å²) in [5.41, 5.74) is 0.471. The van der Waals surface area contributed by atoms with Gasteiger partial charge in [0.25, 0.3) is 0 Å². The van der Waals surface area contributed by atoms with Crippen molar-refractivity contribution in [3.63, 3.8) is 0 Å². The number of thiazole rings is 1. The van der Waals surface area contributed by atoms with E-state index in [1.165, 1.54) is 11.3 Å². The van der Waals surface area contributed by atoms with E-state index in [0.29, 0.717) is 41.1 Å². The summed E-state index contributed by atoms with van der Waals surface area (Å²) in [6.07, 6.45) is 1.98. The van der Waals surface area contributed by atoms with Crippen LogP contribution >= 0.6 is 11.3 Å². The van der Waals surface area contributed by atoms with Crippen LogP contribution < -0.4 is 0 Å². The lowest BCUT2D eigenvalue weighted by Gasteiger charge is -2.34. The lowest BCUT2D eigenvalue weighted by molar-refractivity contribution is -0.154. The summed E-state index contributed by atoms with van der Waals surface area (Å²) < 4.78 is 32.3. The third kappa shape index (κ3) is 8.02. The normalized spacial score (nSPS) is 31.0. The summed E-state index contributed by atoms with van der Waals surface area (Å²) in [6.45, 7) is 7.05. The van der Waals surface area contributed by atoms with E-state index in [-0.39, 0.29) is 18.1 Å². The number of halogens is 2. The number of cyclic esters (lactones) is 1. The molecule has 0 saturated heterocycles. The zero-order valence-electron chi connectivity index (χ0n) is 21.8. The summed E-state index contributed by atoms with van der Waals surface area (Å²) in [6, 6.07) is 0. The van der Waals surface area contributed by atoms with Crippen LogP contribution in [0.25, 0.3) is 6.08 Å². The van der Waals surface area contributed by atoms with Gasteiger partial charge >= 0.3 is 5.97 Å². The van der Waals surface area contributed by atoms with Crippen LogP contribution in [0.2, 0.25) is 0 Å². The highest BCUT2D eigenvalue weighted by atomic mass is 32.1. The molecule has 9 heteroatoms. The van der Waals surface area contributed by atoms with Crippen molar-refractivity contribution in [1.29, 1.82) is 0 Å². The number of esters is 1. The summed E-state index contributed by atoms with van der Waals surface area (Å²) in [5, 5.41) is 23.6. The second-order valence-electron chi connectivity index (χ2n) is 10.4. The van der Waals surface area contributed by atoms with Gasteiger partial charge < -0.3 is 14.9 Å². The largest absolute Gasteiger partial charge is 0.457 e. The molecule has 0 spiro atoms. The Morgan fingerprint density at radius 3 is 2.56 bits per heavy atom. The van der Waals surface area contributed by atoms with Gasteiger partial charge in [-0.15, -0.1) is 11.3 Å². The Balaban J connectivity index is 2.37. The molecule has 1 aliphatic heterocycles. The molecule has 0 radical (unpaired) electrons. The number of carbonyl (C=O) groups is 2. The quantitative estimate of drug-likeness (QED) is 0.403. The minimum Gasteiger partial charge on any atom is -0.457 e. The number of aliphatic hydroxyl groups is 2. The first-order valence-electron chi connectivity index (χ1n) is 12.4. The molecule has 0 amide bonds. The zero-order valence-corrected chi connectivity index (χ0v) is 22.6. The van der Waals surface area contributed by atoms with Gasteiger partial charge in [0.05, 0.1) is 29.7 Å². The van der Waals surface area contributed by atoms with Crippen LogP contribution in [0.1, 0.15) is 77.4 Å². The van der Waals surface area contributed by atoms with Crippen LogP contribution in [0.4, 0.5) is 8.78 Å². The minimum atomic E-state index is -1.32. The smallest absolute Gasteiger partial charge is 0.309 e. The maximum atomic E-state index is 13.7. The average Bonchev–Trinajstić information content (AvgIpc) is 3.30. The third-order valence-corrected chi connectivity index (χ3v) is 7.96. The predicted molar refractivity (Wildman–Crippen MR) is 137 cm³/mol. The Kier molecular flexibility index (Phi) is 11.4. The van der Waals surface area contributed by atoms with Crippen LogP contribution in [-0.4, -0.2) is 51.9 Å². The first-order valence-corrected chi connectivity index (χ1v) is 13.3. The lowest BCUT2D eigenvalue weighted by Crippen LogP contribution is -2.45. The van der Waals surface area contributed by atoms with Crippen LogP contribution in [-0.2, 0) is 21.0 Å². The first-order chi connectivity index (χ1) is 16.9. The zero-order chi connectivity index (χ0) is 27.0. The van der Waals surface area contributed by atoms with E-state index in [0.717, 1.165) is 0 Å². The molecule has 2 N–H and O–H groups in total. The summed E-state index contributed by atoms with van der Waals surface area (Å²) >= 11 is 1.19. The summed E-state index contributed by atoms with van der Waals surface area (Å²) in [5.74, 6) is -1.97. The van der Waals surface area contributed by atoms with E-state index < -0.39 is 55.4 Å². The van der Waals surface area contributed by atoms with Crippen molar-refractivity contribution in [2.75, 3.05) is 6.67 Å². The maximum absolute atomic E-state index is 13.7. The van der Waals surface area contributed by atoms with Crippen molar-refractivity contribution in [3.8, 4) is 0 Å². The predicted octanol–water partition coefficient (Wildman–Crippen LogP) is 5.38. The molecule has 202 valence electrons. The van der Waals surface area contributed by atoms with Gasteiger partial charge in [-0.05, 0) is 49.3 Å². The van der Waals surface area contributed by atoms with E-state index >= 15 is 0 Å². The molecular formula is C27H39F2NO5S. The molecule has 0 saturated carbocycles.